The number of rotatable bonds is 7. The number of methoxy groups -OCH3 is 2. The molecule has 1 amide bonds. The van der Waals surface area contributed by atoms with Gasteiger partial charge in [-0.1, -0.05) is 11.2 Å². The minimum atomic E-state index is -0.0638. The predicted molar refractivity (Wildman–Crippen MR) is 94.3 cm³/mol. The van der Waals surface area contributed by atoms with Crippen LogP contribution in [0, 0.1) is 12.8 Å². The highest BCUT2D eigenvalue weighted by atomic mass is 16.5. The van der Waals surface area contributed by atoms with E-state index in [1.54, 1.807) is 31.3 Å². The van der Waals surface area contributed by atoms with Gasteiger partial charge in [0, 0.05) is 44.7 Å². The molecular formula is C19H24N2O5. The highest BCUT2D eigenvalue weighted by Gasteiger charge is 2.36. The van der Waals surface area contributed by atoms with Crippen LogP contribution in [0.2, 0.25) is 0 Å². The predicted octanol–water partition coefficient (Wildman–Crippen LogP) is 2.09. The van der Waals surface area contributed by atoms with E-state index in [-0.39, 0.29) is 24.5 Å². The summed E-state index contributed by atoms with van der Waals surface area (Å²) in [5.41, 5.74) is 0.853. The third-order valence-electron chi connectivity index (χ3n) is 4.58. The third-order valence-corrected chi connectivity index (χ3v) is 4.58. The second-order valence-electron chi connectivity index (χ2n) is 6.44. The molecule has 0 radical (unpaired) electrons. The number of benzene rings is 1. The molecule has 3 rings (SSSR count). The van der Waals surface area contributed by atoms with Crippen LogP contribution >= 0.6 is 0 Å². The molecule has 26 heavy (non-hydrogen) atoms. The first-order valence-electron chi connectivity index (χ1n) is 8.58. The third kappa shape index (κ3) is 4.35. The van der Waals surface area contributed by atoms with E-state index >= 15 is 0 Å². The zero-order valence-electron chi connectivity index (χ0n) is 15.3. The fourth-order valence-corrected chi connectivity index (χ4v) is 3.21. The van der Waals surface area contributed by atoms with Gasteiger partial charge in [-0.3, -0.25) is 4.79 Å². The summed E-state index contributed by atoms with van der Waals surface area (Å²) in [6, 6.07) is 9.12. The molecule has 0 bridgehead atoms. The van der Waals surface area contributed by atoms with Gasteiger partial charge < -0.3 is 23.6 Å². The highest BCUT2D eigenvalue weighted by Crippen LogP contribution is 2.25. The molecule has 2 heterocycles. The standard InChI is InChI=1S/C19H24N2O5/c1-13-7-17(26-20-13)8-14-10-21(11-18(14)24-3)19(22)12-25-16-6-4-5-15(9-16)23-2/h4-7,9,14,18H,8,10-12H2,1-3H3/t14-,18+/m1/s1. The molecule has 1 fully saturated rings. The minimum Gasteiger partial charge on any atom is -0.497 e. The number of hydrogen-bond acceptors (Lipinski definition) is 6. The molecule has 1 saturated heterocycles. The number of carbonyl (C=O) groups is 1. The number of nitrogens with zero attached hydrogens (tertiary/aromatic N) is 2. The zero-order valence-corrected chi connectivity index (χ0v) is 15.3. The van der Waals surface area contributed by atoms with Crippen molar-refractivity contribution in [2.75, 3.05) is 33.9 Å². The Labute approximate surface area is 152 Å². The summed E-state index contributed by atoms with van der Waals surface area (Å²) in [4.78, 5) is 14.3. The van der Waals surface area contributed by atoms with E-state index in [2.05, 4.69) is 5.16 Å². The summed E-state index contributed by atoms with van der Waals surface area (Å²) in [5, 5.41) is 3.91. The fraction of sp³-hybridized carbons (Fsp3) is 0.474. The lowest BCUT2D eigenvalue weighted by Gasteiger charge is -2.16. The van der Waals surface area contributed by atoms with Gasteiger partial charge in [-0.2, -0.15) is 0 Å². The van der Waals surface area contributed by atoms with Crippen molar-refractivity contribution >= 4 is 5.91 Å². The largest absolute Gasteiger partial charge is 0.497 e. The van der Waals surface area contributed by atoms with Crippen molar-refractivity contribution in [3.05, 3.63) is 41.8 Å². The Morgan fingerprint density at radius 3 is 2.77 bits per heavy atom. The first-order chi connectivity index (χ1) is 12.6. The number of ether oxygens (including phenoxy) is 3. The molecule has 0 spiro atoms. The van der Waals surface area contributed by atoms with Gasteiger partial charge in [0.25, 0.3) is 5.91 Å². The summed E-state index contributed by atoms with van der Waals surface area (Å²) < 4.78 is 21.6. The number of aryl methyl sites for hydroxylation is 1. The van der Waals surface area contributed by atoms with Crippen molar-refractivity contribution in [1.82, 2.24) is 10.1 Å². The summed E-state index contributed by atoms with van der Waals surface area (Å²) in [7, 11) is 3.26. The lowest BCUT2D eigenvalue weighted by atomic mass is 10.0. The monoisotopic (exact) mass is 360 g/mol. The molecule has 1 aromatic heterocycles. The molecule has 0 aliphatic carbocycles. The summed E-state index contributed by atoms with van der Waals surface area (Å²) in [6.45, 7) is 3.03. The summed E-state index contributed by atoms with van der Waals surface area (Å²) >= 11 is 0. The van der Waals surface area contributed by atoms with Gasteiger partial charge in [-0.25, -0.2) is 0 Å². The smallest absolute Gasteiger partial charge is 0.260 e. The Hall–Kier alpha value is -2.54. The molecule has 1 aliphatic heterocycles. The van der Waals surface area contributed by atoms with Crippen molar-refractivity contribution in [3.63, 3.8) is 0 Å². The molecule has 1 aromatic carbocycles. The van der Waals surface area contributed by atoms with Crippen LogP contribution in [-0.2, 0) is 16.0 Å². The van der Waals surface area contributed by atoms with Gasteiger partial charge in [0.2, 0.25) is 0 Å². The van der Waals surface area contributed by atoms with E-state index in [4.69, 9.17) is 18.7 Å². The van der Waals surface area contributed by atoms with E-state index in [1.165, 1.54) is 0 Å². The van der Waals surface area contributed by atoms with Crippen LogP contribution in [-0.4, -0.2) is 56.0 Å². The Balaban J connectivity index is 1.55. The Kier molecular flexibility index (Phi) is 5.78. The van der Waals surface area contributed by atoms with Gasteiger partial charge in [-0.05, 0) is 19.1 Å². The van der Waals surface area contributed by atoms with Crippen molar-refractivity contribution < 1.29 is 23.5 Å². The zero-order chi connectivity index (χ0) is 18.5. The van der Waals surface area contributed by atoms with Gasteiger partial charge in [0.05, 0.1) is 18.9 Å². The maximum absolute atomic E-state index is 12.5. The second kappa shape index (κ2) is 8.23. The second-order valence-corrected chi connectivity index (χ2v) is 6.44. The Bertz CT molecular complexity index is 745. The maximum Gasteiger partial charge on any atom is 0.260 e. The molecule has 2 aromatic rings. The van der Waals surface area contributed by atoms with Crippen LogP contribution in [0.25, 0.3) is 0 Å². The SMILES string of the molecule is COc1cccc(OCC(=O)N2C[C@@H](Cc3cc(C)no3)[C@@H](OC)C2)c1. The van der Waals surface area contributed by atoms with Crippen molar-refractivity contribution in [2.45, 2.75) is 19.4 Å². The van der Waals surface area contributed by atoms with Gasteiger partial charge in [-0.15, -0.1) is 0 Å². The fourth-order valence-electron chi connectivity index (χ4n) is 3.21. The molecule has 140 valence electrons. The number of carbonyl (C=O) groups excluding carboxylic acids is 1. The van der Waals surface area contributed by atoms with Crippen molar-refractivity contribution in [3.8, 4) is 11.5 Å². The first-order valence-corrected chi connectivity index (χ1v) is 8.58. The van der Waals surface area contributed by atoms with Crippen LogP contribution in [0.3, 0.4) is 0 Å². The van der Waals surface area contributed by atoms with Crippen LogP contribution in [0.15, 0.2) is 34.9 Å². The molecule has 0 unspecified atom stereocenters. The lowest BCUT2D eigenvalue weighted by molar-refractivity contribution is -0.132. The molecule has 7 nitrogen and oxygen atoms in total. The summed E-state index contributed by atoms with van der Waals surface area (Å²) in [5.74, 6) is 2.22. The average Bonchev–Trinajstić information content (AvgIpc) is 3.26. The molecule has 0 saturated carbocycles. The summed E-state index contributed by atoms with van der Waals surface area (Å²) in [6.07, 6.45) is 0.668. The average molecular weight is 360 g/mol. The normalized spacial score (nSPS) is 19.6. The number of amides is 1. The van der Waals surface area contributed by atoms with Crippen molar-refractivity contribution in [2.24, 2.45) is 5.92 Å². The van der Waals surface area contributed by atoms with E-state index in [0.29, 0.717) is 31.0 Å². The van der Waals surface area contributed by atoms with Gasteiger partial charge in [0.15, 0.2) is 6.61 Å². The number of aromatic nitrogens is 1. The van der Waals surface area contributed by atoms with Crippen molar-refractivity contribution in [1.29, 1.82) is 0 Å². The van der Waals surface area contributed by atoms with Gasteiger partial charge in [0.1, 0.15) is 17.3 Å². The Morgan fingerprint density at radius 2 is 2.08 bits per heavy atom. The van der Waals surface area contributed by atoms with E-state index in [1.807, 2.05) is 25.1 Å². The van der Waals surface area contributed by atoms with Crippen LogP contribution in [0.1, 0.15) is 11.5 Å². The highest BCUT2D eigenvalue weighted by molar-refractivity contribution is 5.78. The molecule has 2 atom stereocenters. The molecule has 0 N–H and O–H groups in total. The Morgan fingerprint density at radius 1 is 1.27 bits per heavy atom. The van der Waals surface area contributed by atoms with E-state index in [9.17, 15) is 4.79 Å². The van der Waals surface area contributed by atoms with Crippen LogP contribution < -0.4 is 9.47 Å². The van der Waals surface area contributed by atoms with E-state index < -0.39 is 0 Å². The first kappa shape index (κ1) is 18.3. The molecular weight excluding hydrogens is 336 g/mol. The van der Waals surface area contributed by atoms with Crippen LogP contribution in [0.5, 0.6) is 11.5 Å². The topological polar surface area (TPSA) is 74.0 Å². The molecule has 1 aliphatic rings. The number of likely N-dealkylation sites (tertiary alicyclic amines) is 1. The lowest BCUT2D eigenvalue weighted by Crippen LogP contribution is -2.34. The number of hydrogen-bond donors (Lipinski definition) is 0. The van der Waals surface area contributed by atoms with Crippen LogP contribution in [0.4, 0.5) is 0 Å². The maximum atomic E-state index is 12.5. The molecule has 7 heteroatoms. The quantitative estimate of drug-likeness (QED) is 0.753. The van der Waals surface area contributed by atoms with E-state index in [0.717, 1.165) is 11.5 Å². The van der Waals surface area contributed by atoms with Gasteiger partial charge >= 0.3 is 0 Å². The minimum absolute atomic E-state index is 0.0161.